The van der Waals surface area contributed by atoms with Crippen LogP contribution < -0.4 is 5.32 Å². The van der Waals surface area contributed by atoms with Crippen LogP contribution in [0.1, 0.15) is 18.2 Å². The maximum atomic E-state index is 5.34. The highest BCUT2D eigenvalue weighted by molar-refractivity contribution is 5.14. The quantitative estimate of drug-likeness (QED) is 0.794. The van der Waals surface area contributed by atoms with Crippen molar-refractivity contribution in [1.29, 1.82) is 0 Å². The number of hydrogen-bond acceptors (Lipinski definition) is 3. The Morgan fingerprint density at radius 3 is 2.79 bits per heavy atom. The molecule has 0 amide bonds. The smallest absolute Gasteiger partial charge is 0.120 e. The third-order valence-corrected chi connectivity index (χ3v) is 2.71. The summed E-state index contributed by atoms with van der Waals surface area (Å²) in [6.45, 7) is 7.85. The summed E-state index contributed by atoms with van der Waals surface area (Å²) >= 11 is 0. The lowest BCUT2D eigenvalue weighted by molar-refractivity contribution is -0.0992. The number of nitrogens with one attached hydrogen (secondary N) is 1. The standard InChI is InChI=1S/C11H17NO2/c1-9-3-4-14-10(9)5-12-6-11(2)7-13-8-11/h3-4,12H,5-8H2,1-2H3. The lowest BCUT2D eigenvalue weighted by Crippen LogP contribution is -2.47. The molecule has 2 heterocycles. The second kappa shape index (κ2) is 3.75. The highest BCUT2D eigenvalue weighted by Crippen LogP contribution is 2.25. The predicted octanol–water partition coefficient (Wildman–Crippen LogP) is 1.71. The molecule has 1 aliphatic heterocycles. The summed E-state index contributed by atoms with van der Waals surface area (Å²) < 4.78 is 10.5. The van der Waals surface area contributed by atoms with Gasteiger partial charge in [0.2, 0.25) is 0 Å². The summed E-state index contributed by atoms with van der Waals surface area (Å²) in [4.78, 5) is 0. The van der Waals surface area contributed by atoms with Crippen LogP contribution in [0.4, 0.5) is 0 Å². The first-order chi connectivity index (χ1) is 6.70. The fraction of sp³-hybridized carbons (Fsp3) is 0.636. The van der Waals surface area contributed by atoms with Gasteiger partial charge in [0, 0.05) is 12.0 Å². The van der Waals surface area contributed by atoms with Crippen molar-refractivity contribution in [3.8, 4) is 0 Å². The maximum absolute atomic E-state index is 5.34. The van der Waals surface area contributed by atoms with Crippen molar-refractivity contribution in [3.63, 3.8) is 0 Å². The van der Waals surface area contributed by atoms with Crippen LogP contribution in [0.2, 0.25) is 0 Å². The van der Waals surface area contributed by atoms with Crippen LogP contribution in [0.25, 0.3) is 0 Å². The number of aryl methyl sites for hydroxylation is 1. The first kappa shape index (κ1) is 9.74. The molecule has 14 heavy (non-hydrogen) atoms. The van der Waals surface area contributed by atoms with Gasteiger partial charge in [-0.1, -0.05) is 6.92 Å². The van der Waals surface area contributed by atoms with E-state index in [0.717, 1.165) is 32.1 Å². The summed E-state index contributed by atoms with van der Waals surface area (Å²) in [6.07, 6.45) is 1.74. The number of ether oxygens (including phenoxy) is 1. The van der Waals surface area contributed by atoms with Crippen LogP contribution in [0.3, 0.4) is 0 Å². The Bertz CT molecular complexity index is 302. The molecular formula is C11H17NO2. The first-order valence-electron chi connectivity index (χ1n) is 5.01. The molecule has 1 saturated heterocycles. The van der Waals surface area contributed by atoms with E-state index in [2.05, 4.69) is 19.2 Å². The van der Waals surface area contributed by atoms with Gasteiger partial charge in [-0.3, -0.25) is 0 Å². The van der Waals surface area contributed by atoms with E-state index in [4.69, 9.17) is 9.15 Å². The molecule has 3 nitrogen and oxygen atoms in total. The lowest BCUT2D eigenvalue weighted by atomic mass is 9.89. The normalized spacial score (nSPS) is 19.3. The van der Waals surface area contributed by atoms with Gasteiger partial charge in [0.25, 0.3) is 0 Å². The Balaban J connectivity index is 1.75. The van der Waals surface area contributed by atoms with E-state index in [1.54, 1.807) is 6.26 Å². The molecule has 0 radical (unpaired) electrons. The minimum absolute atomic E-state index is 0.334. The van der Waals surface area contributed by atoms with Gasteiger partial charge in [-0.05, 0) is 18.6 Å². The Hall–Kier alpha value is -0.800. The number of rotatable bonds is 4. The summed E-state index contributed by atoms with van der Waals surface area (Å²) in [7, 11) is 0. The second-order valence-electron chi connectivity index (χ2n) is 4.43. The molecule has 0 aromatic carbocycles. The molecule has 0 atom stereocenters. The fourth-order valence-corrected chi connectivity index (χ4v) is 1.62. The minimum atomic E-state index is 0.334. The Labute approximate surface area is 84.4 Å². The van der Waals surface area contributed by atoms with Gasteiger partial charge in [-0.2, -0.15) is 0 Å². The molecule has 0 spiro atoms. The van der Waals surface area contributed by atoms with Crippen molar-refractivity contribution < 1.29 is 9.15 Å². The summed E-state index contributed by atoms with van der Waals surface area (Å²) in [5, 5.41) is 3.40. The Morgan fingerprint density at radius 1 is 1.50 bits per heavy atom. The van der Waals surface area contributed by atoms with Crippen LogP contribution in [0, 0.1) is 12.3 Å². The van der Waals surface area contributed by atoms with Crippen LogP contribution >= 0.6 is 0 Å². The topological polar surface area (TPSA) is 34.4 Å². The maximum Gasteiger partial charge on any atom is 0.120 e. The Kier molecular flexibility index (Phi) is 2.61. The molecule has 1 fully saturated rings. The fourth-order valence-electron chi connectivity index (χ4n) is 1.62. The van der Waals surface area contributed by atoms with Crippen molar-refractivity contribution in [2.45, 2.75) is 20.4 Å². The monoisotopic (exact) mass is 195 g/mol. The average Bonchev–Trinajstić information content (AvgIpc) is 2.49. The zero-order chi connectivity index (χ0) is 10.0. The van der Waals surface area contributed by atoms with Gasteiger partial charge < -0.3 is 14.5 Å². The van der Waals surface area contributed by atoms with Crippen LogP contribution in [-0.4, -0.2) is 19.8 Å². The first-order valence-corrected chi connectivity index (χ1v) is 5.01. The molecule has 1 aromatic rings. The molecule has 2 rings (SSSR count). The van der Waals surface area contributed by atoms with E-state index in [1.165, 1.54) is 5.56 Å². The SMILES string of the molecule is Cc1ccoc1CNCC1(C)COC1. The number of furan rings is 1. The Morgan fingerprint density at radius 2 is 2.29 bits per heavy atom. The van der Waals surface area contributed by atoms with Crippen molar-refractivity contribution in [2.24, 2.45) is 5.41 Å². The van der Waals surface area contributed by atoms with Gasteiger partial charge in [0.05, 0.1) is 26.0 Å². The van der Waals surface area contributed by atoms with E-state index in [0.29, 0.717) is 5.41 Å². The van der Waals surface area contributed by atoms with Crippen molar-refractivity contribution in [3.05, 3.63) is 23.7 Å². The van der Waals surface area contributed by atoms with Crippen LogP contribution in [0.5, 0.6) is 0 Å². The summed E-state index contributed by atoms with van der Waals surface area (Å²) in [5.74, 6) is 1.04. The van der Waals surface area contributed by atoms with Gasteiger partial charge >= 0.3 is 0 Å². The minimum Gasteiger partial charge on any atom is -0.468 e. The van der Waals surface area contributed by atoms with Crippen molar-refractivity contribution in [1.82, 2.24) is 5.32 Å². The highest BCUT2D eigenvalue weighted by atomic mass is 16.5. The number of hydrogen-bond donors (Lipinski definition) is 1. The van der Waals surface area contributed by atoms with E-state index < -0.39 is 0 Å². The average molecular weight is 195 g/mol. The molecule has 0 aliphatic carbocycles. The van der Waals surface area contributed by atoms with Crippen LogP contribution in [0.15, 0.2) is 16.7 Å². The molecule has 1 aromatic heterocycles. The largest absolute Gasteiger partial charge is 0.468 e. The molecule has 78 valence electrons. The van der Waals surface area contributed by atoms with Gasteiger partial charge in [-0.15, -0.1) is 0 Å². The van der Waals surface area contributed by atoms with Crippen molar-refractivity contribution >= 4 is 0 Å². The zero-order valence-electron chi connectivity index (χ0n) is 8.80. The van der Waals surface area contributed by atoms with E-state index in [1.807, 2.05) is 6.07 Å². The molecule has 0 bridgehead atoms. The predicted molar refractivity (Wildman–Crippen MR) is 54.1 cm³/mol. The molecule has 0 unspecified atom stereocenters. The highest BCUT2D eigenvalue weighted by Gasteiger charge is 2.32. The molecule has 1 N–H and O–H groups in total. The third-order valence-electron chi connectivity index (χ3n) is 2.71. The van der Waals surface area contributed by atoms with Crippen LogP contribution in [-0.2, 0) is 11.3 Å². The molecule has 3 heteroatoms. The third kappa shape index (κ3) is 1.99. The zero-order valence-corrected chi connectivity index (χ0v) is 8.80. The van der Waals surface area contributed by atoms with E-state index in [-0.39, 0.29) is 0 Å². The second-order valence-corrected chi connectivity index (χ2v) is 4.43. The molecule has 1 aliphatic rings. The summed E-state index contributed by atoms with van der Waals surface area (Å²) in [6, 6.07) is 1.99. The van der Waals surface area contributed by atoms with Gasteiger partial charge in [-0.25, -0.2) is 0 Å². The van der Waals surface area contributed by atoms with E-state index >= 15 is 0 Å². The van der Waals surface area contributed by atoms with Gasteiger partial charge in [0.15, 0.2) is 0 Å². The molecule has 0 saturated carbocycles. The van der Waals surface area contributed by atoms with Crippen molar-refractivity contribution in [2.75, 3.05) is 19.8 Å². The lowest BCUT2D eigenvalue weighted by Gasteiger charge is -2.38. The van der Waals surface area contributed by atoms with Gasteiger partial charge in [0.1, 0.15) is 5.76 Å². The molecular weight excluding hydrogens is 178 g/mol. The summed E-state index contributed by atoms with van der Waals surface area (Å²) in [5.41, 5.74) is 1.55. The van der Waals surface area contributed by atoms with E-state index in [9.17, 15) is 0 Å².